The van der Waals surface area contributed by atoms with Crippen LogP contribution < -0.4 is 5.73 Å². The van der Waals surface area contributed by atoms with E-state index in [2.05, 4.69) is 0 Å². The standard InChI is InChI=1S/C14H18N2O3/c1-8-12(9(2)17)10-4-3-5-11(14(18)19)13(10)16(8)7-6-15/h3-5,9,17H,6-7,15H2,1-2H3,(H,18,19). The van der Waals surface area contributed by atoms with Crippen LogP contribution in [0.4, 0.5) is 0 Å². The molecule has 0 aliphatic carbocycles. The lowest BCUT2D eigenvalue weighted by molar-refractivity contribution is 0.0698. The van der Waals surface area contributed by atoms with E-state index in [9.17, 15) is 15.0 Å². The zero-order chi connectivity index (χ0) is 14.2. The summed E-state index contributed by atoms with van der Waals surface area (Å²) in [5, 5.41) is 20.0. The predicted octanol–water partition coefficient (Wildman–Crippen LogP) is 1.66. The Morgan fingerprint density at radius 1 is 1.47 bits per heavy atom. The molecule has 19 heavy (non-hydrogen) atoms. The van der Waals surface area contributed by atoms with Gasteiger partial charge in [-0.1, -0.05) is 12.1 Å². The van der Waals surface area contributed by atoms with E-state index in [4.69, 9.17) is 5.73 Å². The monoisotopic (exact) mass is 262 g/mol. The summed E-state index contributed by atoms with van der Waals surface area (Å²) in [7, 11) is 0. The maximum absolute atomic E-state index is 11.4. The number of nitrogens with zero attached hydrogens (tertiary/aromatic N) is 1. The Balaban J connectivity index is 2.89. The van der Waals surface area contributed by atoms with Crippen LogP contribution in [0.15, 0.2) is 18.2 Å². The Morgan fingerprint density at radius 2 is 2.16 bits per heavy atom. The molecule has 5 heteroatoms. The molecular weight excluding hydrogens is 244 g/mol. The van der Waals surface area contributed by atoms with Crippen molar-refractivity contribution in [3.63, 3.8) is 0 Å². The minimum absolute atomic E-state index is 0.237. The molecule has 2 rings (SSSR count). The zero-order valence-corrected chi connectivity index (χ0v) is 11.1. The lowest BCUT2D eigenvalue weighted by Crippen LogP contribution is -2.13. The van der Waals surface area contributed by atoms with Gasteiger partial charge in [0.15, 0.2) is 0 Å². The number of fused-ring (bicyclic) bond motifs is 1. The third kappa shape index (κ3) is 2.11. The van der Waals surface area contributed by atoms with Gasteiger partial charge in [0.25, 0.3) is 0 Å². The molecule has 0 spiro atoms. The van der Waals surface area contributed by atoms with Gasteiger partial charge in [-0.2, -0.15) is 0 Å². The van der Waals surface area contributed by atoms with E-state index in [1.54, 1.807) is 19.1 Å². The molecule has 5 nitrogen and oxygen atoms in total. The van der Waals surface area contributed by atoms with Gasteiger partial charge in [-0.15, -0.1) is 0 Å². The summed E-state index contributed by atoms with van der Waals surface area (Å²) in [6.07, 6.45) is -0.648. The SMILES string of the molecule is Cc1c(C(C)O)c2cccc(C(=O)O)c2n1CCN. The smallest absolute Gasteiger partial charge is 0.337 e. The molecule has 4 N–H and O–H groups in total. The fourth-order valence-corrected chi connectivity index (χ4v) is 2.67. The van der Waals surface area contributed by atoms with Crippen LogP contribution in [0.25, 0.3) is 10.9 Å². The van der Waals surface area contributed by atoms with E-state index in [0.717, 1.165) is 16.6 Å². The van der Waals surface area contributed by atoms with Gasteiger partial charge in [-0.05, 0) is 19.9 Å². The maximum Gasteiger partial charge on any atom is 0.337 e. The molecule has 1 aromatic carbocycles. The highest BCUT2D eigenvalue weighted by molar-refractivity contribution is 6.04. The van der Waals surface area contributed by atoms with Crippen LogP contribution in [0.3, 0.4) is 0 Å². The number of para-hydroxylation sites is 1. The van der Waals surface area contributed by atoms with E-state index in [1.165, 1.54) is 0 Å². The molecule has 0 radical (unpaired) electrons. The molecule has 1 aromatic heterocycles. The van der Waals surface area contributed by atoms with Gasteiger partial charge < -0.3 is 20.5 Å². The number of rotatable bonds is 4. The van der Waals surface area contributed by atoms with Crippen LogP contribution in [0.1, 0.15) is 34.6 Å². The summed E-state index contributed by atoms with van der Waals surface area (Å²) >= 11 is 0. The van der Waals surface area contributed by atoms with Crippen molar-refractivity contribution in [1.29, 1.82) is 0 Å². The number of benzene rings is 1. The molecule has 0 amide bonds. The summed E-state index contributed by atoms with van der Waals surface area (Å²) in [6, 6.07) is 5.11. The highest BCUT2D eigenvalue weighted by atomic mass is 16.4. The zero-order valence-electron chi connectivity index (χ0n) is 11.1. The Morgan fingerprint density at radius 3 is 2.68 bits per heavy atom. The van der Waals surface area contributed by atoms with Crippen molar-refractivity contribution in [3.05, 3.63) is 35.0 Å². The molecule has 0 saturated heterocycles. The number of aromatic nitrogens is 1. The average molecular weight is 262 g/mol. The van der Waals surface area contributed by atoms with Crippen LogP contribution in [0.5, 0.6) is 0 Å². The second kappa shape index (κ2) is 5.03. The van der Waals surface area contributed by atoms with E-state index in [1.807, 2.05) is 17.6 Å². The first-order chi connectivity index (χ1) is 8.99. The Labute approximate surface area is 111 Å². The van der Waals surface area contributed by atoms with Crippen molar-refractivity contribution < 1.29 is 15.0 Å². The first-order valence-electron chi connectivity index (χ1n) is 6.22. The summed E-state index contributed by atoms with van der Waals surface area (Å²) in [5.74, 6) is -0.974. The predicted molar refractivity (Wildman–Crippen MR) is 73.3 cm³/mol. The largest absolute Gasteiger partial charge is 0.478 e. The highest BCUT2D eigenvalue weighted by Crippen LogP contribution is 2.32. The molecule has 0 aliphatic rings. The fourth-order valence-electron chi connectivity index (χ4n) is 2.67. The van der Waals surface area contributed by atoms with E-state index >= 15 is 0 Å². The lowest BCUT2D eigenvalue weighted by Gasteiger charge is -2.09. The number of aliphatic hydroxyl groups is 1. The first kappa shape index (κ1) is 13.6. The molecule has 1 atom stereocenters. The first-order valence-corrected chi connectivity index (χ1v) is 6.22. The Hall–Kier alpha value is -1.85. The van der Waals surface area contributed by atoms with Crippen molar-refractivity contribution in [2.75, 3.05) is 6.54 Å². The van der Waals surface area contributed by atoms with Crippen molar-refractivity contribution in [1.82, 2.24) is 4.57 Å². The van der Waals surface area contributed by atoms with Gasteiger partial charge >= 0.3 is 5.97 Å². The van der Waals surface area contributed by atoms with Gasteiger partial charge in [0.2, 0.25) is 0 Å². The van der Waals surface area contributed by atoms with Gasteiger partial charge in [0.05, 0.1) is 17.2 Å². The maximum atomic E-state index is 11.4. The van der Waals surface area contributed by atoms with Crippen molar-refractivity contribution in [2.24, 2.45) is 5.73 Å². The summed E-state index contributed by atoms with van der Waals surface area (Å²) in [4.78, 5) is 11.4. The number of carboxylic acids is 1. The minimum Gasteiger partial charge on any atom is -0.478 e. The molecule has 2 aromatic rings. The van der Waals surface area contributed by atoms with E-state index < -0.39 is 12.1 Å². The van der Waals surface area contributed by atoms with Gasteiger partial charge in [-0.3, -0.25) is 0 Å². The number of carboxylic acid groups (broad SMARTS) is 1. The quantitative estimate of drug-likeness (QED) is 0.781. The summed E-state index contributed by atoms with van der Waals surface area (Å²) < 4.78 is 1.88. The van der Waals surface area contributed by atoms with E-state index in [0.29, 0.717) is 18.6 Å². The van der Waals surface area contributed by atoms with Crippen molar-refractivity contribution in [3.8, 4) is 0 Å². The Bertz CT molecular complexity index is 629. The number of carbonyl (C=O) groups is 1. The Kier molecular flexibility index (Phi) is 3.59. The molecular formula is C14H18N2O3. The third-order valence-corrected chi connectivity index (χ3v) is 3.39. The van der Waals surface area contributed by atoms with Crippen molar-refractivity contribution >= 4 is 16.9 Å². The number of aliphatic hydroxyl groups excluding tert-OH is 1. The average Bonchev–Trinajstić information content (AvgIpc) is 2.62. The summed E-state index contributed by atoms with van der Waals surface area (Å²) in [6.45, 7) is 4.50. The van der Waals surface area contributed by atoms with Crippen molar-refractivity contribution in [2.45, 2.75) is 26.5 Å². The number of nitrogens with two attached hydrogens (primary N) is 1. The van der Waals surface area contributed by atoms with Gasteiger partial charge in [-0.25, -0.2) is 4.79 Å². The highest BCUT2D eigenvalue weighted by Gasteiger charge is 2.21. The molecule has 0 fully saturated rings. The minimum atomic E-state index is -0.974. The molecule has 1 heterocycles. The molecule has 0 saturated carbocycles. The van der Waals surface area contributed by atoms with Crippen LogP contribution in [-0.2, 0) is 6.54 Å². The number of hydrogen-bond acceptors (Lipinski definition) is 3. The summed E-state index contributed by atoms with van der Waals surface area (Å²) in [5.41, 5.74) is 8.11. The lowest BCUT2D eigenvalue weighted by atomic mass is 10.0. The van der Waals surface area contributed by atoms with Gasteiger partial charge in [0.1, 0.15) is 0 Å². The van der Waals surface area contributed by atoms with Crippen LogP contribution >= 0.6 is 0 Å². The van der Waals surface area contributed by atoms with Crippen LogP contribution in [-0.4, -0.2) is 27.3 Å². The fraction of sp³-hybridized carbons (Fsp3) is 0.357. The normalized spacial score (nSPS) is 12.8. The van der Waals surface area contributed by atoms with Crippen LogP contribution in [0, 0.1) is 6.92 Å². The second-order valence-electron chi connectivity index (χ2n) is 4.62. The number of aromatic carboxylic acids is 1. The molecule has 0 bridgehead atoms. The molecule has 0 aliphatic heterocycles. The van der Waals surface area contributed by atoms with Gasteiger partial charge in [0, 0.05) is 29.7 Å². The third-order valence-electron chi connectivity index (χ3n) is 3.39. The molecule has 102 valence electrons. The second-order valence-corrected chi connectivity index (χ2v) is 4.62. The molecule has 1 unspecified atom stereocenters. The van der Waals surface area contributed by atoms with Crippen LogP contribution in [0.2, 0.25) is 0 Å². The topological polar surface area (TPSA) is 88.5 Å². The van der Waals surface area contributed by atoms with E-state index in [-0.39, 0.29) is 5.56 Å². The number of hydrogen-bond donors (Lipinski definition) is 3.